The van der Waals surface area contributed by atoms with E-state index in [4.69, 9.17) is 4.74 Å². The van der Waals surface area contributed by atoms with Gasteiger partial charge in [0.25, 0.3) is 0 Å². The Hall–Kier alpha value is -1.70. The third-order valence-electron chi connectivity index (χ3n) is 5.40. The molecule has 28 heavy (non-hydrogen) atoms. The van der Waals surface area contributed by atoms with E-state index in [1.165, 1.54) is 6.07 Å². The van der Waals surface area contributed by atoms with E-state index in [9.17, 15) is 9.18 Å². The van der Waals surface area contributed by atoms with Gasteiger partial charge in [-0.15, -0.1) is 0 Å². The molecule has 1 aromatic carbocycles. The van der Waals surface area contributed by atoms with Crippen LogP contribution in [0.15, 0.2) is 24.3 Å². The number of halogens is 1. The number of morpholine rings is 1. The van der Waals surface area contributed by atoms with Crippen LogP contribution in [0.3, 0.4) is 0 Å². The first-order chi connectivity index (χ1) is 13.5. The Morgan fingerprint density at radius 3 is 2.46 bits per heavy atom. The van der Waals surface area contributed by atoms with Gasteiger partial charge in [-0.25, -0.2) is 4.39 Å². The molecule has 0 unspecified atom stereocenters. The molecular formula is C21H33FN4O2. The quantitative estimate of drug-likeness (QED) is 0.714. The maximum atomic E-state index is 13.9. The highest BCUT2D eigenvalue weighted by Crippen LogP contribution is 2.20. The van der Waals surface area contributed by atoms with Crippen LogP contribution in [0.25, 0.3) is 0 Å². The fourth-order valence-corrected chi connectivity index (χ4v) is 4.11. The van der Waals surface area contributed by atoms with Gasteiger partial charge in [0.05, 0.1) is 24.4 Å². The predicted octanol–water partition coefficient (Wildman–Crippen LogP) is 1.56. The average molecular weight is 393 g/mol. The van der Waals surface area contributed by atoms with Crippen molar-refractivity contribution in [3.63, 3.8) is 0 Å². The van der Waals surface area contributed by atoms with Crippen LogP contribution in [0.2, 0.25) is 0 Å². The molecule has 7 heteroatoms. The minimum atomic E-state index is -0.183. The molecule has 0 aromatic heterocycles. The van der Waals surface area contributed by atoms with E-state index in [0.717, 1.165) is 52.2 Å². The lowest BCUT2D eigenvalue weighted by Crippen LogP contribution is -2.50. The Balaban J connectivity index is 1.30. The standard InChI is InChI=1S/C21H33FN4O2/c1-17-14-25(15-18(2)28-17)9-5-8-23-21(27)16-24-10-12-26(13-11-24)20-7-4-3-6-19(20)22/h3-4,6-7,17-18H,5,8-16H2,1-2H3,(H,23,27)/t17-,18+. The highest BCUT2D eigenvalue weighted by Gasteiger charge is 2.22. The number of nitrogens with one attached hydrogen (secondary N) is 1. The molecule has 1 amide bonds. The summed E-state index contributed by atoms with van der Waals surface area (Å²) in [5.74, 6) is -0.110. The van der Waals surface area contributed by atoms with E-state index < -0.39 is 0 Å². The van der Waals surface area contributed by atoms with Crippen molar-refractivity contribution in [1.29, 1.82) is 0 Å². The number of nitrogens with zero attached hydrogens (tertiary/aromatic N) is 3. The van der Waals surface area contributed by atoms with Crippen LogP contribution in [-0.2, 0) is 9.53 Å². The van der Waals surface area contributed by atoms with Crippen molar-refractivity contribution < 1.29 is 13.9 Å². The van der Waals surface area contributed by atoms with Crippen molar-refractivity contribution in [3.8, 4) is 0 Å². The number of hydrogen-bond acceptors (Lipinski definition) is 5. The zero-order valence-electron chi connectivity index (χ0n) is 17.1. The summed E-state index contributed by atoms with van der Waals surface area (Å²) >= 11 is 0. The Morgan fingerprint density at radius 2 is 1.79 bits per heavy atom. The molecular weight excluding hydrogens is 359 g/mol. The number of carbonyl (C=O) groups excluding carboxylic acids is 1. The fourth-order valence-electron chi connectivity index (χ4n) is 4.11. The van der Waals surface area contributed by atoms with E-state index in [0.29, 0.717) is 18.8 Å². The van der Waals surface area contributed by atoms with Gasteiger partial charge >= 0.3 is 0 Å². The summed E-state index contributed by atoms with van der Waals surface area (Å²) < 4.78 is 19.6. The Bertz CT molecular complexity index is 627. The Labute approximate surface area is 167 Å². The van der Waals surface area contributed by atoms with E-state index in [2.05, 4.69) is 29.0 Å². The third-order valence-corrected chi connectivity index (χ3v) is 5.40. The molecule has 0 saturated carbocycles. The molecule has 1 N–H and O–H groups in total. The van der Waals surface area contributed by atoms with Crippen LogP contribution >= 0.6 is 0 Å². The first-order valence-corrected chi connectivity index (χ1v) is 10.4. The number of rotatable bonds is 7. The minimum absolute atomic E-state index is 0.0723. The SMILES string of the molecule is C[C@@H]1CN(CCCNC(=O)CN2CCN(c3ccccc3F)CC2)C[C@H](C)O1. The summed E-state index contributed by atoms with van der Waals surface area (Å²) in [6.07, 6.45) is 1.51. The van der Waals surface area contributed by atoms with Gasteiger partial charge in [0, 0.05) is 52.4 Å². The number of anilines is 1. The lowest BCUT2D eigenvalue weighted by molar-refractivity contribution is -0.122. The smallest absolute Gasteiger partial charge is 0.234 e. The minimum Gasteiger partial charge on any atom is -0.373 e. The summed E-state index contributed by atoms with van der Waals surface area (Å²) in [6, 6.07) is 6.87. The number of para-hydroxylation sites is 1. The highest BCUT2D eigenvalue weighted by molar-refractivity contribution is 5.78. The molecule has 2 saturated heterocycles. The average Bonchev–Trinajstić information content (AvgIpc) is 2.66. The second-order valence-corrected chi connectivity index (χ2v) is 7.94. The van der Waals surface area contributed by atoms with E-state index >= 15 is 0 Å². The van der Waals surface area contributed by atoms with Gasteiger partial charge in [-0.1, -0.05) is 12.1 Å². The summed E-state index contributed by atoms with van der Waals surface area (Å²) in [5.41, 5.74) is 0.651. The molecule has 2 fully saturated rings. The number of amides is 1. The first-order valence-electron chi connectivity index (χ1n) is 10.4. The topological polar surface area (TPSA) is 48.1 Å². The van der Waals surface area contributed by atoms with Crippen molar-refractivity contribution in [3.05, 3.63) is 30.1 Å². The zero-order valence-corrected chi connectivity index (χ0v) is 17.1. The lowest BCUT2D eigenvalue weighted by Gasteiger charge is -2.36. The maximum Gasteiger partial charge on any atom is 0.234 e. The zero-order chi connectivity index (χ0) is 19.9. The predicted molar refractivity (Wildman–Crippen MR) is 109 cm³/mol. The summed E-state index contributed by atoms with van der Waals surface area (Å²) in [7, 11) is 0. The van der Waals surface area contributed by atoms with Gasteiger partial charge in [-0.3, -0.25) is 14.6 Å². The van der Waals surface area contributed by atoms with Crippen molar-refractivity contribution in [2.75, 3.05) is 63.8 Å². The van der Waals surface area contributed by atoms with Crippen LogP contribution < -0.4 is 10.2 Å². The van der Waals surface area contributed by atoms with Crippen molar-refractivity contribution >= 4 is 11.6 Å². The summed E-state index contributed by atoms with van der Waals surface area (Å²) in [6.45, 7) is 11.3. The van der Waals surface area contributed by atoms with E-state index in [1.807, 2.05) is 17.0 Å². The van der Waals surface area contributed by atoms with Crippen molar-refractivity contribution in [2.24, 2.45) is 0 Å². The number of carbonyl (C=O) groups is 1. The van der Waals surface area contributed by atoms with Crippen LogP contribution in [0.4, 0.5) is 10.1 Å². The van der Waals surface area contributed by atoms with Gasteiger partial charge < -0.3 is 15.0 Å². The monoisotopic (exact) mass is 392 g/mol. The molecule has 2 aliphatic heterocycles. The summed E-state index contributed by atoms with van der Waals surface area (Å²) in [4.78, 5) is 18.8. The molecule has 2 aliphatic rings. The number of hydrogen-bond donors (Lipinski definition) is 1. The second kappa shape index (κ2) is 10.2. The van der Waals surface area contributed by atoms with Crippen LogP contribution in [-0.4, -0.2) is 86.8 Å². The van der Waals surface area contributed by atoms with E-state index in [-0.39, 0.29) is 23.9 Å². The largest absolute Gasteiger partial charge is 0.373 e. The van der Waals surface area contributed by atoms with Gasteiger partial charge in [0.15, 0.2) is 0 Å². The molecule has 0 spiro atoms. The molecule has 0 radical (unpaired) electrons. The van der Waals surface area contributed by atoms with Crippen LogP contribution in [0, 0.1) is 5.82 Å². The lowest BCUT2D eigenvalue weighted by atomic mass is 10.2. The highest BCUT2D eigenvalue weighted by atomic mass is 19.1. The second-order valence-electron chi connectivity index (χ2n) is 7.94. The number of benzene rings is 1. The van der Waals surface area contributed by atoms with Crippen molar-refractivity contribution in [1.82, 2.24) is 15.1 Å². The van der Waals surface area contributed by atoms with Gasteiger partial charge in [-0.05, 0) is 32.4 Å². The molecule has 156 valence electrons. The molecule has 1 aromatic rings. The normalized spacial score (nSPS) is 24.3. The molecule has 3 rings (SSSR count). The first kappa shape index (κ1) is 21.0. The third kappa shape index (κ3) is 6.15. The molecule has 6 nitrogen and oxygen atoms in total. The molecule has 2 heterocycles. The van der Waals surface area contributed by atoms with Crippen LogP contribution in [0.5, 0.6) is 0 Å². The molecule has 2 atom stereocenters. The Morgan fingerprint density at radius 1 is 1.11 bits per heavy atom. The van der Waals surface area contributed by atoms with Gasteiger partial charge in [0.2, 0.25) is 5.91 Å². The van der Waals surface area contributed by atoms with E-state index in [1.54, 1.807) is 6.07 Å². The number of piperazine rings is 1. The maximum absolute atomic E-state index is 13.9. The van der Waals surface area contributed by atoms with Gasteiger partial charge in [-0.2, -0.15) is 0 Å². The molecule has 0 aliphatic carbocycles. The fraction of sp³-hybridized carbons (Fsp3) is 0.667. The van der Waals surface area contributed by atoms with Crippen molar-refractivity contribution in [2.45, 2.75) is 32.5 Å². The number of ether oxygens (including phenoxy) is 1. The van der Waals surface area contributed by atoms with Crippen LogP contribution in [0.1, 0.15) is 20.3 Å². The Kier molecular flexibility index (Phi) is 7.65. The van der Waals surface area contributed by atoms with Gasteiger partial charge in [0.1, 0.15) is 5.82 Å². The molecule has 0 bridgehead atoms. The summed E-state index contributed by atoms with van der Waals surface area (Å²) in [5, 5.41) is 3.03.